The van der Waals surface area contributed by atoms with Gasteiger partial charge in [-0.15, -0.1) is 0 Å². The summed E-state index contributed by atoms with van der Waals surface area (Å²) in [7, 11) is 1.61. The summed E-state index contributed by atoms with van der Waals surface area (Å²) in [5.74, 6) is 0.495. The van der Waals surface area contributed by atoms with Crippen LogP contribution in [0.5, 0.6) is 5.75 Å². The lowest BCUT2D eigenvalue weighted by Gasteiger charge is -2.14. The van der Waals surface area contributed by atoms with E-state index in [2.05, 4.69) is 0 Å². The predicted molar refractivity (Wildman–Crippen MR) is 76.0 cm³/mol. The van der Waals surface area contributed by atoms with E-state index in [1.165, 1.54) is 6.07 Å². The lowest BCUT2D eigenvalue weighted by Crippen LogP contribution is -2.17. The van der Waals surface area contributed by atoms with Crippen molar-refractivity contribution in [3.63, 3.8) is 0 Å². The molecule has 20 heavy (non-hydrogen) atoms. The molecule has 2 rings (SSSR count). The van der Waals surface area contributed by atoms with E-state index in [-0.39, 0.29) is 18.5 Å². The number of halogens is 1. The molecular formula is C16H18FNO2. The third-order valence-electron chi connectivity index (χ3n) is 3.03. The molecule has 2 aromatic carbocycles. The van der Waals surface area contributed by atoms with E-state index in [9.17, 15) is 4.39 Å². The molecule has 3 nitrogen and oxygen atoms in total. The Morgan fingerprint density at radius 3 is 2.70 bits per heavy atom. The number of nitrogens with two attached hydrogens (primary N) is 1. The van der Waals surface area contributed by atoms with Crippen LogP contribution in [-0.4, -0.2) is 13.7 Å². The molecule has 0 spiro atoms. The second-order valence-electron chi connectivity index (χ2n) is 4.49. The Morgan fingerprint density at radius 1 is 1.15 bits per heavy atom. The number of hydrogen-bond acceptors (Lipinski definition) is 3. The molecule has 0 aliphatic rings. The van der Waals surface area contributed by atoms with Gasteiger partial charge in [-0.3, -0.25) is 0 Å². The van der Waals surface area contributed by atoms with Crippen molar-refractivity contribution in [2.24, 2.45) is 5.73 Å². The minimum atomic E-state index is -0.267. The second kappa shape index (κ2) is 7.03. The molecule has 2 N–H and O–H groups in total. The van der Waals surface area contributed by atoms with Gasteiger partial charge in [0.1, 0.15) is 11.6 Å². The molecule has 4 heteroatoms. The van der Waals surface area contributed by atoms with Gasteiger partial charge in [-0.2, -0.15) is 0 Å². The summed E-state index contributed by atoms with van der Waals surface area (Å²) in [6.45, 7) is 0.534. The van der Waals surface area contributed by atoms with Crippen molar-refractivity contribution >= 4 is 0 Å². The summed E-state index contributed by atoms with van der Waals surface area (Å²) in [4.78, 5) is 0. The molecule has 0 aromatic heterocycles. The van der Waals surface area contributed by atoms with Crippen molar-refractivity contribution in [2.75, 3.05) is 13.7 Å². The van der Waals surface area contributed by atoms with Crippen molar-refractivity contribution in [1.82, 2.24) is 0 Å². The van der Waals surface area contributed by atoms with Gasteiger partial charge in [-0.05, 0) is 23.8 Å². The fourth-order valence-corrected chi connectivity index (χ4v) is 1.88. The highest BCUT2D eigenvalue weighted by molar-refractivity contribution is 5.30. The standard InChI is InChI=1S/C16H18FNO2/c1-19-14-7-4-6-12(9-14)16(18)11-20-10-13-5-2-3-8-15(13)17/h2-9,16H,10-11,18H2,1H3. The maximum absolute atomic E-state index is 13.4. The molecule has 0 aliphatic carbocycles. The molecular weight excluding hydrogens is 257 g/mol. The minimum absolute atomic E-state index is 0.213. The first-order valence-corrected chi connectivity index (χ1v) is 6.41. The van der Waals surface area contributed by atoms with E-state index in [0.29, 0.717) is 12.2 Å². The molecule has 106 valence electrons. The number of hydrogen-bond donors (Lipinski definition) is 1. The average molecular weight is 275 g/mol. The van der Waals surface area contributed by atoms with Crippen LogP contribution in [0.1, 0.15) is 17.2 Å². The summed E-state index contributed by atoms with van der Waals surface area (Å²) >= 11 is 0. The Bertz CT molecular complexity index is 560. The van der Waals surface area contributed by atoms with Crippen LogP contribution < -0.4 is 10.5 Å². The van der Waals surface area contributed by atoms with Gasteiger partial charge >= 0.3 is 0 Å². The molecule has 0 saturated heterocycles. The van der Waals surface area contributed by atoms with Crippen molar-refractivity contribution in [3.05, 3.63) is 65.5 Å². The molecule has 2 aromatic rings. The van der Waals surface area contributed by atoms with Crippen molar-refractivity contribution in [2.45, 2.75) is 12.6 Å². The summed E-state index contributed by atoms with van der Waals surface area (Å²) in [5, 5.41) is 0. The zero-order chi connectivity index (χ0) is 14.4. The fourth-order valence-electron chi connectivity index (χ4n) is 1.88. The second-order valence-corrected chi connectivity index (χ2v) is 4.49. The van der Waals surface area contributed by atoms with Gasteiger partial charge in [-0.1, -0.05) is 30.3 Å². The molecule has 0 amide bonds. The van der Waals surface area contributed by atoms with Crippen LogP contribution in [0.25, 0.3) is 0 Å². The SMILES string of the molecule is COc1cccc(C(N)COCc2ccccc2F)c1. The highest BCUT2D eigenvalue weighted by Gasteiger charge is 2.08. The number of methoxy groups -OCH3 is 1. The van der Waals surface area contributed by atoms with Gasteiger partial charge in [0, 0.05) is 5.56 Å². The predicted octanol–water partition coefficient (Wildman–Crippen LogP) is 3.05. The lowest BCUT2D eigenvalue weighted by molar-refractivity contribution is 0.106. The van der Waals surface area contributed by atoms with E-state index in [0.717, 1.165) is 11.3 Å². The van der Waals surface area contributed by atoms with E-state index < -0.39 is 0 Å². The smallest absolute Gasteiger partial charge is 0.128 e. The quantitative estimate of drug-likeness (QED) is 0.881. The van der Waals surface area contributed by atoms with E-state index in [4.69, 9.17) is 15.2 Å². The van der Waals surface area contributed by atoms with Gasteiger partial charge in [0.25, 0.3) is 0 Å². The van der Waals surface area contributed by atoms with E-state index >= 15 is 0 Å². The molecule has 0 bridgehead atoms. The Kier molecular flexibility index (Phi) is 5.09. The Hall–Kier alpha value is -1.91. The van der Waals surface area contributed by atoms with E-state index in [1.807, 2.05) is 24.3 Å². The maximum Gasteiger partial charge on any atom is 0.128 e. The molecule has 0 aliphatic heterocycles. The third kappa shape index (κ3) is 3.79. The normalized spacial score (nSPS) is 12.2. The van der Waals surface area contributed by atoms with Crippen molar-refractivity contribution < 1.29 is 13.9 Å². The summed E-state index contributed by atoms with van der Waals surface area (Å²) in [5.41, 5.74) is 7.51. The van der Waals surface area contributed by atoms with Gasteiger partial charge in [0.05, 0.1) is 26.4 Å². The first-order chi connectivity index (χ1) is 9.70. The van der Waals surface area contributed by atoms with Crippen LogP contribution in [0.15, 0.2) is 48.5 Å². The molecule has 0 saturated carbocycles. The maximum atomic E-state index is 13.4. The van der Waals surface area contributed by atoms with Gasteiger partial charge in [-0.25, -0.2) is 4.39 Å². The molecule has 0 heterocycles. The van der Waals surface area contributed by atoms with Gasteiger partial charge < -0.3 is 15.2 Å². The first-order valence-electron chi connectivity index (χ1n) is 6.41. The molecule has 0 fully saturated rings. The third-order valence-corrected chi connectivity index (χ3v) is 3.03. The first kappa shape index (κ1) is 14.5. The van der Waals surface area contributed by atoms with Gasteiger partial charge in [0.15, 0.2) is 0 Å². The number of benzene rings is 2. The van der Waals surface area contributed by atoms with E-state index in [1.54, 1.807) is 25.3 Å². The molecule has 0 radical (unpaired) electrons. The molecule has 1 atom stereocenters. The molecule has 1 unspecified atom stereocenters. The Labute approximate surface area is 118 Å². The van der Waals surface area contributed by atoms with Crippen LogP contribution in [0, 0.1) is 5.82 Å². The monoisotopic (exact) mass is 275 g/mol. The van der Waals surface area contributed by atoms with Crippen LogP contribution in [0.4, 0.5) is 4.39 Å². The van der Waals surface area contributed by atoms with Crippen molar-refractivity contribution in [1.29, 1.82) is 0 Å². The fraction of sp³-hybridized carbons (Fsp3) is 0.250. The lowest BCUT2D eigenvalue weighted by atomic mass is 10.1. The van der Waals surface area contributed by atoms with Crippen LogP contribution >= 0.6 is 0 Å². The van der Waals surface area contributed by atoms with Crippen LogP contribution in [0.2, 0.25) is 0 Å². The average Bonchev–Trinajstić information content (AvgIpc) is 2.49. The Balaban J connectivity index is 1.89. The Morgan fingerprint density at radius 2 is 1.95 bits per heavy atom. The topological polar surface area (TPSA) is 44.5 Å². The zero-order valence-corrected chi connectivity index (χ0v) is 11.4. The summed E-state index contributed by atoms with van der Waals surface area (Å²) in [6.07, 6.45) is 0. The zero-order valence-electron chi connectivity index (χ0n) is 11.4. The van der Waals surface area contributed by atoms with Gasteiger partial charge in [0.2, 0.25) is 0 Å². The summed E-state index contributed by atoms with van der Waals surface area (Å²) in [6, 6.07) is 13.8. The largest absolute Gasteiger partial charge is 0.497 e. The highest BCUT2D eigenvalue weighted by Crippen LogP contribution is 2.18. The number of rotatable bonds is 6. The highest BCUT2D eigenvalue weighted by atomic mass is 19.1. The number of ether oxygens (including phenoxy) is 2. The van der Waals surface area contributed by atoms with Crippen molar-refractivity contribution in [3.8, 4) is 5.75 Å². The summed E-state index contributed by atoms with van der Waals surface area (Å²) < 4.78 is 24.0. The van der Waals surface area contributed by atoms with Crippen LogP contribution in [-0.2, 0) is 11.3 Å². The van der Waals surface area contributed by atoms with Crippen LogP contribution in [0.3, 0.4) is 0 Å². The minimum Gasteiger partial charge on any atom is -0.497 e.